The summed E-state index contributed by atoms with van der Waals surface area (Å²) in [7, 11) is 4.12. The maximum atomic E-state index is 5.92. The molecule has 3 heteroatoms. The number of halogens is 1. The van der Waals surface area contributed by atoms with E-state index in [-0.39, 0.29) is 12.4 Å². The summed E-state index contributed by atoms with van der Waals surface area (Å²) in [6.07, 6.45) is 1.09. The van der Waals surface area contributed by atoms with Crippen LogP contribution in [0.25, 0.3) is 0 Å². The predicted octanol–water partition coefficient (Wildman–Crippen LogP) is 1.73. The second-order valence-corrected chi connectivity index (χ2v) is 4.79. The molecule has 0 rings (SSSR count). The Balaban J connectivity index is 0. The molecule has 0 aromatic rings. The van der Waals surface area contributed by atoms with Crippen molar-refractivity contribution in [2.45, 2.75) is 33.2 Å². The van der Waals surface area contributed by atoms with E-state index in [9.17, 15) is 0 Å². The number of rotatable bonds is 3. The first-order valence-corrected chi connectivity index (χ1v) is 4.21. The van der Waals surface area contributed by atoms with Crippen molar-refractivity contribution in [2.24, 2.45) is 11.1 Å². The summed E-state index contributed by atoms with van der Waals surface area (Å²) >= 11 is 0. The molecule has 0 aliphatic rings. The van der Waals surface area contributed by atoms with Gasteiger partial charge in [-0.15, -0.1) is 12.4 Å². The molecule has 0 aromatic carbocycles. The van der Waals surface area contributed by atoms with Gasteiger partial charge < -0.3 is 10.6 Å². The van der Waals surface area contributed by atoms with E-state index in [0.29, 0.717) is 11.5 Å². The van der Waals surface area contributed by atoms with E-state index in [4.69, 9.17) is 5.73 Å². The fraction of sp³-hybridized carbons (Fsp3) is 1.00. The van der Waals surface area contributed by atoms with Crippen molar-refractivity contribution in [3.8, 4) is 0 Å². The summed E-state index contributed by atoms with van der Waals surface area (Å²) in [5, 5.41) is 0. The van der Waals surface area contributed by atoms with Gasteiger partial charge in [-0.3, -0.25) is 0 Å². The summed E-state index contributed by atoms with van der Waals surface area (Å²) in [4.78, 5) is 2.14. The summed E-state index contributed by atoms with van der Waals surface area (Å²) in [6, 6.07) is 0.310. The molecule has 0 aliphatic carbocycles. The van der Waals surface area contributed by atoms with Gasteiger partial charge in [0.1, 0.15) is 0 Å². The van der Waals surface area contributed by atoms with Crippen molar-refractivity contribution < 1.29 is 0 Å². The lowest BCUT2D eigenvalue weighted by molar-refractivity contribution is 0.288. The van der Waals surface area contributed by atoms with Crippen molar-refractivity contribution in [1.82, 2.24) is 4.90 Å². The van der Waals surface area contributed by atoms with Crippen molar-refractivity contribution in [2.75, 3.05) is 20.6 Å². The second kappa shape index (κ2) is 5.79. The normalized spacial score (nSPS) is 14.2. The Bertz CT molecular complexity index is 108. The third-order valence-electron chi connectivity index (χ3n) is 1.47. The van der Waals surface area contributed by atoms with Gasteiger partial charge in [0.2, 0.25) is 0 Å². The summed E-state index contributed by atoms with van der Waals surface area (Å²) in [5.74, 6) is 0. The SMILES string of the molecule is CN(C)CC(N)CC(C)(C)C.Cl. The number of nitrogens with zero attached hydrogens (tertiary/aromatic N) is 1. The van der Waals surface area contributed by atoms with E-state index in [1.54, 1.807) is 0 Å². The van der Waals surface area contributed by atoms with Crippen molar-refractivity contribution in [3.05, 3.63) is 0 Å². The lowest BCUT2D eigenvalue weighted by Crippen LogP contribution is -2.36. The van der Waals surface area contributed by atoms with Gasteiger partial charge in [-0.2, -0.15) is 0 Å². The van der Waals surface area contributed by atoms with Crippen LogP contribution in [0.2, 0.25) is 0 Å². The largest absolute Gasteiger partial charge is 0.327 e. The lowest BCUT2D eigenvalue weighted by atomic mass is 9.88. The zero-order valence-electron chi connectivity index (χ0n) is 8.92. The third kappa shape index (κ3) is 10.2. The molecule has 0 fully saturated rings. The van der Waals surface area contributed by atoms with Gasteiger partial charge in [0.15, 0.2) is 0 Å². The van der Waals surface area contributed by atoms with Crippen LogP contribution in [0.1, 0.15) is 27.2 Å². The van der Waals surface area contributed by atoms with E-state index in [0.717, 1.165) is 13.0 Å². The van der Waals surface area contributed by atoms with Crippen LogP contribution in [0.5, 0.6) is 0 Å². The van der Waals surface area contributed by atoms with Crippen LogP contribution in [0, 0.1) is 5.41 Å². The first kappa shape index (κ1) is 14.7. The smallest absolute Gasteiger partial charge is 0.0172 e. The van der Waals surface area contributed by atoms with Crippen molar-refractivity contribution in [1.29, 1.82) is 0 Å². The molecule has 2 N–H and O–H groups in total. The third-order valence-corrected chi connectivity index (χ3v) is 1.47. The van der Waals surface area contributed by atoms with Gasteiger partial charge >= 0.3 is 0 Å². The van der Waals surface area contributed by atoms with E-state index in [1.807, 2.05) is 0 Å². The molecule has 0 aromatic heterocycles. The van der Waals surface area contributed by atoms with Gasteiger partial charge in [0, 0.05) is 12.6 Å². The summed E-state index contributed by atoms with van der Waals surface area (Å²) in [5.41, 5.74) is 6.28. The number of hydrogen-bond acceptors (Lipinski definition) is 2. The van der Waals surface area contributed by atoms with Crippen LogP contribution >= 0.6 is 12.4 Å². The van der Waals surface area contributed by atoms with Gasteiger partial charge in [-0.05, 0) is 25.9 Å². The Morgan fingerprint density at radius 3 is 1.92 bits per heavy atom. The topological polar surface area (TPSA) is 29.3 Å². The van der Waals surface area contributed by atoms with E-state index >= 15 is 0 Å². The molecule has 1 unspecified atom stereocenters. The quantitative estimate of drug-likeness (QED) is 0.742. The first-order chi connectivity index (χ1) is 4.81. The second-order valence-electron chi connectivity index (χ2n) is 4.79. The molecule has 1 atom stereocenters. The number of hydrogen-bond donors (Lipinski definition) is 1. The Morgan fingerprint density at radius 1 is 1.25 bits per heavy atom. The molecule has 0 radical (unpaired) electrons. The van der Waals surface area contributed by atoms with Crippen LogP contribution in [0.4, 0.5) is 0 Å². The molecule has 12 heavy (non-hydrogen) atoms. The molecular formula is C9H23ClN2. The Hall–Kier alpha value is 0.210. The number of nitrogens with two attached hydrogens (primary N) is 1. The number of likely N-dealkylation sites (N-methyl/N-ethyl adjacent to an activating group) is 1. The fourth-order valence-corrected chi connectivity index (χ4v) is 1.32. The predicted molar refractivity (Wildman–Crippen MR) is 57.8 cm³/mol. The first-order valence-electron chi connectivity index (χ1n) is 4.21. The van der Waals surface area contributed by atoms with Gasteiger partial charge in [0.05, 0.1) is 0 Å². The van der Waals surface area contributed by atoms with Crippen molar-refractivity contribution >= 4 is 12.4 Å². The highest BCUT2D eigenvalue weighted by atomic mass is 35.5. The lowest BCUT2D eigenvalue weighted by Gasteiger charge is -2.25. The molecule has 76 valence electrons. The molecule has 0 bridgehead atoms. The molecular weight excluding hydrogens is 172 g/mol. The molecule has 0 spiro atoms. The highest BCUT2D eigenvalue weighted by molar-refractivity contribution is 5.85. The highest BCUT2D eigenvalue weighted by Crippen LogP contribution is 2.19. The van der Waals surface area contributed by atoms with Crippen LogP contribution in [-0.2, 0) is 0 Å². The minimum atomic E-state index is 0. The molecule has 0 saturated heterocycles. The summed E-state index contributed by atoms with van der Waals surface area (Å²) < 4.78 is 0. The van der Waals surface area contributed by atoms with Gasteiger partial charge in [-0.25, -0.2) is 0 Å². The van der Waals surface area contributed by atoms with Gasteiger partial charge in [0.25, 0.3) is 0 Å². The average molecular weight is 195 g/mol. The average Bonchev–Trinajstić information content (AvgIpc) is 1.53. The Morgan fingerprint density at radius 2 is 1.67 bits per heavy atom. The highest BCUT2D eigenvalue weighted by Gasteiger charge is 2.15. The zero-order valence-corrected chi connectivity index (χ0v) is 9.74. The molecule has 2 nitrogen and oxygen atoms in total. The van der Waals surface area contributed by atoms with E-state index in [2.05, 4.69) is 39.8 Å². The standard InChI is InChI=1S/C9H22N2.ClH/c1-9(2,3)6-8(10)7-11(4)5;/h8H,6-7,10H2,1-5H3;1H. The Kier molecular flexibility index (Phi) is 7.10. The Labute approximate surface area is 82.9 Å². The van der Waals surface area contributed by atoms with Crippen molar-refractivity contribution in [3.63, 3.8) is 0 Å². The molecule has 0 saturated carbocycles. The van der Waals surface area contributed by atoms with E-state index in [1.165, 1.54) is 0 Å². The van der Waals surface area contributed by atoms with E-state index < -0.39 is 0 Å². The minimum absolute atomic E-state index is 0. The molecule has 0 amide bonds. The zero-order chi connectivity index (χ0) is 9.07. The van der Waals surface area contributed by atoms with Crippen LogP contribution in [0.3, 0.4) is 0 Å². The van der Waals surface area contributed by atoms with Gasteiger partial charge in [-0.1, -0.05) is 20.8 Å². The maximum absolute atomic E-state index is 5.92. The molecule has 0 aliphatic heterocycles. The van der Waals surface area contributed by atoms with Crippen LogP contribution in [0.15, 0.2) is 0 Å². The fourth-order valence-electron chi connectivity index (χ4n) is 1.32. The summed E-state index contributed by atoms with van der Waals surface area (Å²) in [6.45, 7) is 7.66. The minimum Gasteiger partial charge on any atom is -0.327 e. The molecule has 0 heterocycles. The monoisotopic (exact) mass is 194 g/mol. The van der Waals surface area contributed by atoms with Crippen LogP contribution in [-0.4, -0.2) is 31.6 Å². The van der Waals surface area contributed by atoms with Crippen LogP contribution < -0.4 is 5.73 Å². The maximum Gasteiger partial charge on any atom is 0.0172 e.